The van der Waals surface area contributed by atoms with E-state index in [-0.39, 0.29) is 0 Å². The molecule has 1 aromatic carbocycles. The van der Waals surface area contributed by atoms with E-state index in [1.807, 2.05) is 12.1 Å². The molecule has 6 heteroatoms. The number of sulfonamides is 1. The molecule has 0 bridgehead atoms. The third kappa shape index (κ3) is 5.57. The van der Waals surface area contributed by atoms with Crippen LogP contribution in [0.2, 0.25) is 0 Å². The first-order chi connectivity index (χ1) is 10.9. The summed E-state index contributed by atoms with van der Waals surface area (Å²) in [6.45, 7) is 11.1. The van der Waals surface area contributed by atoms with E-state index in [2.05, 4.69) is 28.4 Å². The molecule has 0 aromatic heterocycles. The maximum Gasteiger partial charge on any atom is 0.240 e. The molecule has 23 heavy (non-hydrogen) atoms. The molecule has 1 fully saturated rings. The average molecular weight is 340 g/mol. The van der Waals surface area contributed by atoms with Crippen molar-refractivity contribution >= 4 is 10.0 Å². The molecule has 0 aliphatic carbocycles. The van der Waals surface area contributed by atoms with Crippen molar-refractivity contribution in [2.75, 3.05) is 39.8 Å². The van der Waals surface area contributed by atoms with Crippen LogP contribution in [0.1, 0.15) is 25.8 Å². The minimum absolute atomic E-state index is 0.322. The first-order valence-corrected chi connectivity index (χ1v) is 9.86. The van der Waals surface area contributed by atoms with Gasteiger partial charge in [-0.2, -0.15) is 0 Å². The van der Waals surface area contributed by atoms with Gasteiger partial charge in [0, 0.05) is 26.2 Å². The second-order valence-corrected chi connectivity index (χ2v) is 8.56. The Labute approximate surface area is 140 Å². The van der Waals surface area contributed by atoms with Crippen LogP contribution in [-0.2, 0) is 16.6 Å². The van der Waals surface area contributed by atoms with Crippen LogP contribution in [-0.4, -0.2) is 58.0 Å². The predicted molar refractivity (Wildman–Crippen MR) is 93.9 cm³/mol. The SMILES string of the molecule is CNS(=O)(=O)c1ccc(CN2CCCN(CC(C)C)CC2)cc1. The zero-order valence-electron chi connectivity index (χ0n) is 14.5. The molecular weight excluding hydrogens is 310 g/mol. The lowest BCUT2D eigenvalue weighted by atomic mass is 10.2. The highest BCUT2D eigenvalue weighted by Crippen LogP contribution is 2.14. The molecule has 0 atom stereocenters. The van der Waals surface area contributed by atoms with Gasteiger partial charge in [0.1, 0.15) is 0 Å². The lowest BCUT2D eigenvalue weighted by Gasteiger charge is -2.23. The Morgan fingerprint density at radius 1 is 1.04 bits per heavy atom. The zero-order valence-corrected chi connectivity index (χ0v) is 15.3. The molecule has 0 radical (unpaired) electrons. The summed E-state index contributed by atoms with van der Waals surface area (Å²) in [7, 11) is -1.91. The first-order valence-electron chi connectivity index (χ1n) is 8.38. The molecule has 1 aliphatic rings. The topological polar surface area (TPSA) is 52.7 Å². The van der Waals surface area contributed by atoms with Crippen molar-refractivity contribution in [3.63, 3.8) is 0 Å². The quantitative estimate of drug-likeness (QED) is 0.858. The molecule has 0 amide bonds. The van der Waals surface area contributed by atoms with Crippen LogP contribution in [0.5, 0.6) is 0 Å². The van der Waals surface area contributed by atoms with Crippen LogP contribution in [0.25, 0.3) is 0 Å². The van der Waals surface area contributed by atoms with Gasteiger partial charge in [-0.1, -0.05) is 26.0 Å². The van der Waals surface area contributed by atoms with Crippen molar-refractivity contribution < 1.29 is 8.42 Å². The van der Waals surface area contributed by atoms with Crippen molar-refractivity contribution in [3.8, 4) is 0 Å². The first kappa shape index (κ1) is 18.4. The highest BCUT2D eigenvalue weighted by atomic mass is 32.2. The summed E-state index contributed by atoms with van der Waals surface area (Å²) in [4.78, 5) is 5.33. The third-order valence-electron chi connectivity index (χ3n) is 4.21. The van der Waals surface area contributed by atoms with Crippen molar-refractivity contribution in [3.05, 3.63) is 29.8 Å². The fourth-order valence-electron chi connectivity index (χ4n) is 3.03. The van der Waals surface area contributed by atoms with E-state index in [4.69, 9.17) is 0 Å². The Hall–Kier alpha value is -0.950. The average Bonchev–Trinajstić information content (AvgIpc) is 2.73. The van der Waals surface area contributed by atoms with Crippen LogP contribution < -0.4 is 4.72 Å². The Kier molecular flexibility index (Phi) is 6.59. The van der Waals surface area contributed by atoms with Crippen molar-refractivity contribution in [2.45, 2.75) is 31.7 Å². The number of nitrogens with zero attached hydrogens (tertiary/aromatic N) is 2. The van der Waals surface area contributed by atoms with Crippen LogP contribution in [0, 0.1) is 5.92 Å². The summed E-state index contributed by atoms with van der Waals surface area (Å²) in [5, 5.41) is 0. The number of rotatable bonds is 6. The minimum atomic E-state index is -3.34. The van der Waals surface area contributed by atoms with Crippen molar-refractivity contribution in [1.29, 1.82) is 0 Å². The van der Waals surface area contributed by atoms with Gasteiger partial charge in [0.2, 0.25) is 10.0 Å². The molecule has 1 aromatic rings. The van der Waals surface area contributed by atoms with Gasteiger partial charge in [-0.05, 0) is 50.2 Å². The molecule has 2 rings (SSSR count). The normalized spacial score (nSPS) is 18.3. The van der Waals surface area contributed by atoms with Gasteiger partial charge in [-0.25, -0.2) is 13.1 Å². The van der Waals surface area contributed by atoms with Crippen molar-refractivity contribution in [1.82, 2.24) is 14.5 Å². The van der Waals surface area contributed by atoms with E-state index >= 15 is 0 Å². The van der Waals surface area contributed by atoms with E-state index in [1.54, 1.807) is 12.1 Å². The fourth-order valence-corrected chi connectivity index (χ4v) is 3.76. The summed E-state index contributed by atoms with van der Waals surface area (Å²) in [6, 6.07) is 7.20. The number of hydrogen-bond acceptors (Lipinski definition) is 4. The largest absolute Gasteiger partial charge is 0.302 e. The monoisotopic (exact) mass is 339 g/mol. The summed E-state index contributed by atoms with van der Waals surface area (Å²) in [5.41, 5.74) is 1.16. The van der Waals surface area contributed by atoms with E-state index in [1.165, 1.54) is 26.6 Å². The van der Waals surface area contributed by atoms with E-state index in [9.17, 15) is 8.42 Å². The van der Waals surface area contributed by atoms with Gasteiger partial charge < -0.3 is 4.90 Å². The zero-order chi connectivity index (χ0) is 16.9. The van der Waals surface area contributed by atoms with Crippen LogP contribution in [0.15, 0.2) is 29.2 Å². The summed E-state index contributed by atoms with van der Waals surface area (Å²) >= 11 is 0. The van der Waals surface area contributed by atoms with Gasteiger partial charge in [-0.15, -0.1) is 0 Å². The van der Waals surface area contributed by atoms with Gasteiger partial charge in [0.05, 0.1) is 4.90 Å². The van der Waals surface area contributed by atoms with Gasteiger partial charge in [0.15, 0.2) is 0 Å². The number of nitrogens with one attached hydrogen (secondary N) is 1. The minimum Gasteiger partial charge on any atom is -0.302 e. The summed E-state index contributed by atoms with van der Waals surface area (Å²) in [5.74, 6) is 0.711. The maximum atomic E-state index is 11.7. The van der Waals surface area contributed by atoms with Crippen LogP contribution in [0.3, 0.4) is 0 Å². The number of hydrogen-bond donors (Lipinski definition) is 1. The summed E-state index contributed by atoms with van der Waals surface area (Å²) < 4.78 is 25.8. The standard InChI is InChI=1S/C17H29N3O2S/c1-15(2)13-19-9-4-10-20(12-11-19)14-16-5-7-17(8-6-16)23(21,22)18-3/h5-8,15,18H,4,9-14H2,1-3H3. The van der Waals surface area contributed by atoms with E-state index in [0.29, 0.717) is 10.8 Å². The second kappa shape index (κ2) is 8.24. The van der Waals surface area contributed by atoms with Gasteiger partial charge in [0.25, 0.3) is 0 Å². The maximum absolute atomic E-state index is 11.7. The molecule has 1 N–H and O–H groups in total. The van der Waals surface area contributed by atoms with E-state index < -0.39 is 10.0 Å². The third-order valence-corrected chi connectivity index (χ3v) is 5.64. The number of benzene rings is 1. The second-order valence-electron chi connectivity index (χ2n) is 6.68. The smallest absolute Gasteiger partial charge is 0.240 e. The molecular formula is C17H29N3O2S. The lowest BCUT2D eigenvalue weighted by Crippen LogP contribution is -2.32. The Bertz CT molecular complexity index is 584. The highest BCUT2D eigenvalue weighted by molar-refractivity contribution is 7.89. The Balaban J connectivity index is 1.92. The Morgan fingerprint density at radius 2 is 1.65 bits per heavy atom. The summed E-state index contributed by atoms with van der Waals surface area (Å²) in [6.07, 6.45) is 1.19. The molecule has 0 spiro atoms. The van der Waals surface area contributed by atoms with Crippen molar-refractivity contribution in [2.24, 2.45) is 5.92 Å². The Morgan fingerprint density at radius 3 is 2.26 bits per heavy atom. The predicted octanol–water partition coefficient (Wildman–Crippen LogP) is 1.76. The molecule has 1 heterocycles. The van der Waals surface area contributed by atoms with E-state index in [0.717, 1.165) is 31.7 Å². The molecule has 1 aliphatic heterocycles. The highest BCUT2D eigenvalue weighted by Gasteiger charge is 2.16. The molecule has 1 saturated heterocycles. The fraction of sp³-hybridized carbons (Fsp3) is 0.647. The molecule has 130 valence electrons. The molecule has 0 unspecified atom stereocenters. The van der Waals surface area contributed by atoms with Crippen LogP contribution >= 0.6 is 0 Å². The van der Waals surface area contributed by atoms with Gasteiger partial charge in [-0.3, -0.25) is 4.90 Å². The van der Waals surface area contributed by atoms with Crippen LogP contribution in [0.4, 0.5) is 0 Å². The lowest BCUT2D eigenvalue weighted by molar-refractivity contribution is 0.235. The molecule has 5 nitrogen and oxygen atoms in total. The van der Waals surface area contributed by atoms with Gasteiger partial charge >= 0.3 is 0 Å². The molecule has 0 saturated carbocycles.